The number of H-pyrrole nitrogens is 1. The number of rotatable bonds is 2. The van der Waals surface area contributed by atoms with Crippen LogP contribution in [0.25, 0.3) is 32.8 Å². The quantitative estimate of drug-likeness (QED) is 0.408. The zero-order valence-corrected chi connectivity index (χ0v) is 15.9. The minimum Gasteiger partial charge on any atom is -1.00 e. The number of nitrogen functional groups attached to an aromatic ring is 1. The van der Waals surface area contributed by atoms with Gasteiger partial charge < -0.3 is 23.5 Å². The molecule has 0 fully saturated rings. The Labute approximate surface area is 163 Å². The van der Waals surface area contributed by atoms with E-state index in [0.29, 0.717) is 5.69 Å². The second-order valence-electron chi connectivity index (χ2n) is 6.53. The van der Waals surface area contributed by atoms with E-state index in [0.717, 1.165) is 38.5 Å². The number of hydrogen-bond acceptors (Lipinski definition) is 2. The predicted octanol–water partition coefficient (Wildman–Crippen LogP) is 1.33. The van der Waals surface area contributed by atoms with E-state index >= 15 is 0 Å². The number of hydrogen-bond donors (Lipinski definition) is 2. The molecule has 0 aliphatic carbocycles. The van der Waals surface area contributed by atoms with Gasteiger partial charge in [-0.3, -0.25) is 4.79 Å². The van der Waals surface area contributed by atoms with Gasteiger partial charge in [-0.1, -0.05) is 30.3 Å². The van der Waals surface area contributed by atoms with Gasteiger partial charge in [-0.25, -0.2) is 4.98 Å². The number of fused-ring (bicyclic) bond motifs is 3. The van der Waals surface area contributed by atoms with Gasteiger partial charge in [-0.05, 0) is 41.8 Å². The topological polar surface area (TPSA) is 69.3 Å². The molecule has 0 radical (unpaired) electrons. The summed E-state index contributed by atoms with van der Waals surface area (Å²) in [5, 5.41) is 6.16. The maximum absolute atomic E-state index is 11.8. The van der Waals surface area contributed by atoms with E-state index in [9.17, 15) is 4.79 Å². The van der Waals surface area contributed by atoms with Crippen molar-refractivity contribution in [1.82, 2.24) is 0 Å². The highest BCUT2D eigenvalue weighted by Crippen LogP contribution is 2.37. The van der Waals surface area contributed by atoms with Gasteiger partial charge in [0.1, 0.15) is 0 Å². The van der Waals surface area contributed by atoms with Crippen molar-refractivity contribution in [1.29, 1.82) is 0 Å². The van der Waals surface area contributed by atoms with E-state index in [1.165, 1.54) is 12.5 Å². The lowest BCUT2D eigenvalue weighted by Crippen LogP contribution is -3.00. The summed E-state index contributed by atoms with van der Waals surface area (Å²) in [5.41, 5.74) is 11.8. The molecule has 1 heterocycles. The van der Waals surface area contributed by atoms with Crippen LogP contribution in [0.3, 0.4) is 0 Å². The molecule has 4 rings (SSSR count). The van der Waals surface area contributed by atoms with Gasteiger partial charge in [-0.2, -0.15) is 0 Å². The number of carbonyl (C=O) groups is 1. The molecule has 0 spiro atoms. The fourth-order valence-electron chi connectivity index (χ4n) is 3.56. The molecule has 3 aromatic carbocycles. The molecular weight excluding hydrogens is 358 g/mol. The van der Waals surface area contributed by atoms with Gasteiger partial charge in [0.25, 0.3) is 0 Å². The number of aromatic nitrogens is 1. The standard InChI is InChI=1S/C22H19N3O.ClH/c1-13-18(15-6-4-3-5-7-15)11-21(25-14(2)26)19-12-24-20-10-16(23)8-9-17(20)22(13)19;/h3-12H,23H2,1-2H3,(H,25,26);1H. The second-order valence-corrected chi connectivity index (χ2v) is 6.53. The van der Waals surface area contributed by atoms with Crippen molar-refractivity contribution in [2.75, 3.05) is 11.1 Å². The summed E-state index contributed by atoms with van der Waals surface area (Å²) >= 11 is 0. The maximum Gasteiger partial charge on any atom is 0.221 e. The van der Waals surface area contributed by atoms with Crippen LogP contribution in [-0.2, 0) is 4.79 Å². The third kappa shape index (κ3) is 3.32. The Kier molecular flexibility index (Phi) is 5.02. The van der Waals surface area contributed by atoms with E-state index in [2.05, 4.69) is 29.4 Å². The molecule has 27 heavy (non-hydrogen) atoms. The van der Waals surface area contributed by atoms with Crippen molar-refractivity contribution in [3.05, 3.63) is 66.4 Å². The smallest absolute Gasteiger partial charge is 0.221 e. The lowest BCUT2D eigenvalue weighted by atomic mass is 9.92. The summed E-state index contributed by atoms with van der Waals surface area (Å²) in [7, 11) is 0. The molecule has 5 heteroatoms. The molecule has 0 aliphatic rings. The van der Waals surface area contributed by atoms with Crippen LogP contribution < -0.4 is 28.4 Å². The Bertz CT molecular complexity index is 1160. The van der Waals surface area contributed by atoms with Crippen molar-refractivity contribution in [2.24, 2.45) is 0 Å². The highest BCUT2D eigenvalue weighted by atomic mass is 35.5. The number of benzene rings is 3. The molecule has 136 valence electrons. The highest BCUT2D eigenvalue weighted by molar-refractivity contribution is 6.14. The largest absolute Gasteiger partial charge is 1.00 e. The Morgan fingerprint density at radius 3 is 2.48 bits per heavy atom. The van der Waals surface area contributed by atoms with Crippen molar-refractivity contribution in [3.8, 4) is 11.1 Å². The molecule has 0 saturated carbocycles. The summed E-state index contributed by atoms with van der Waals surface area (Å²) in [6, 6.07) is 18.1. The average Bonchev–Trinajstić information content (AvgIpc) is 2.63. The summed E-state index contributed by atoms with van der Waals surface area (Å²) < 4.78 is 0. The van der Waals surface area contributed by atoms with E-state index in [-0.39, 0.29) is 18.3 Å². The maximum atomic E-state index is 11.8. The van der Waals surface area contributed by atoms with Gasteiger partial charge in [-0.15, -0.1) is 0 Å². The molecule has 0 unspecified atom stereocenters. The Morgan fingerprint density at radius 1 is 1.04 bits per heavy atom. The molecule has 1 amide bonds. The van der Waals surface area contributed by atoms with Crippen LogP contribution in [0.15, 0.2) is 60.8 Å². The van der Waals surface area contributed by atoms with E-state index in [1.807, 2.05) is 48.7 Å². The minimum atomic E-state index is -0.0911. The van der Waals surface area contributed by atoms with E-state index in [1.54, 1.807) is 0 Å². The van der Waals surface area contributed by atoms with Crippen molar-refractivity contribution in [2.45, 2.75) is 13.8 Å². The molecule has 4 nitrogen and oxygen atoms in total. The number of amides is 1. The fourth-order valence-corrected chi connectivity index (χ4v) is 3.56. The first kappa shape index (κ1) is 18.7. The van der Waals surface area contributed by atoms with Crippen molar-refractivity contribution < 1.29 is 22.2 Å². The molecule has 0 aliphatic heterocycles. The number of nitrogens with two attached hydrogens (primary N) is 1. The van der Waals surface area contributed by atoms with Gasteiger partial charge in [0.15, 0.2) is 6.20 Å². The lowest BCUT2D eigenvalue weighted by molar-refractivity contribution is -0.342. The van der Waals surface area contributed by atoms with Crippen LogP contribution in [0, 0.1) is 6.92 Å². The molecule has 0 atom stereocenters. The first-order chi connectivity index (χ1) is 12.5. The molecule has 0 saturated heterocycles. The fraction of sp³-hybridized carbons (Fsp3) is 0.0909. The van der Waals surface area contributed by atoms with Crippen LogP contribution >= 0.6 is 0 Å². The summed E-state index contributed by atoms with van der Waals surface area (Å²) in [6.07, 6.45) is 1.93. The number of halogens is 1. The zero-order chi connectivity index (χ0) is 18.3. The Morgan fingerprint density at radius 2 is 1.78 bits per heavy atom. The SMILES string of the molecule is CC(=O)Nc1cc(-c2ccccc2)c(C)c2c1c[nH+]c1cc(N)ccc12.[Cl-]. The number of carbonyl (C=O) groups excluding carboxylic acids is 1. The molecule has 0 bridgehead atoms. The third-order valence-corrected chi connectivity index (χ3v) is 4.71. The average molecular weight is 378 g/mol. The summed E-state index contributed by atoms with van der Waals surface area (Å²) in [4.78, 5) is 15.1. The van der Waals surface area contributed by atoms with Crippen LogP contribution in [0.2, 0.25) is 0 Å². The molecule has 4 N–H and O–H groups in total. The molecule has 1 aromatic heterocycles. The first-order valence-electron chi connectivity index (χ1n) is 8.55. The van der Waals surface area contributed by atoms with Crippen LogP contribution in [-0.4, -0.2) is 5.91 Å². The monoisotopic (exact) mass is 377 g/mol. The Hall–Kier alpha value is -3.11. The lowest BCUT2D eigenvalue weighted by Gasteiger charge is -2.15. The third-order valence-electron chi connectivity index (χ3n) is 4.71. The van der Waals surface area contributed by atoms with Crippen molar-refractivity contribution >= 4 is 39.0 Å². The van der Waals surface area contributed by atoms with Gasteiger partial charge >= 0.3 is 0 Å². The second kappa shape index (κ2) is 7.25. The minimum absolute atomic E-state index is 0. The predicted molar refractivity (Wildman–Crippen MR) is 107 cm³/mol. The van der Waals surface area contributed by atoms with E-state index in [4.69, 9.17) is 5.73 Å². The van der Waals surface area contributed by atoms with Crippen LogP contribution in [0.1, 0.15) is 12.5 Å². The number of nitrogens with one attached hydrogen (secondary N) is 2. The van der Waals surface area contributed by atoms with Crippen molar-refractivity contribution in [3.63, 3.8) is 0 Å². The normalized spacial score (nSPS) is 10.6. The Balaban J connectivity index is 0.00000210. The van der Waals surface area contributed by atoms with Gasteiger partial charge in [0, 0.05) is 24.1 Å². The number of pyridine rings is 1. The zero-order valence-electron chi connectivity index (χ0n) is 15.1. The summed E-state index contributed by atoms with van der Waals surface area (Å²) in [6.45, 7) is 3.65. The summed E-state index contributed by atoms with van der Waals surface area (Å²) in [5.74, 6) is -0.0911. The molecule has 4 aromatic rings. The number of anilines is 2. The van der Waals surface area contributed by atoms with Crippen LogP contribution in [0.4, 0.5) is 11.4 Å². The number of aryl methyl sites for hydroxylation is 1. The highest BCUT2D eigenvalue weighted by Gasteiger charge is 2.17. The number of aromatic amines is 1. The van der Waals surface area contributed by atoms with Crippen LogP contribution in [0.5, 0.6) is 0 Å². The molecular formula is C22H20ClN3O. The van der Waals surface area contributed by atoms with Gasteiger partial charge in [0.2, 0.25) is 11.4 Å². The van der Waals surface area contributed by atoms with Gasteiger partial charge in [0.05, 0.1) is 16.5 Å². The first-order valence-corrected chi connectivity index (χ1v) is 8.55. The van der Waals surface area contributed by atoms with E-state index < -0.39 is 0 Å².